The number of ether oxygens (including phenoxy) is 1. The molecule has 2 heterocycles. The van der Waals surface area contributed by atoms with Crippen molar-refractivity contribution in [3.63, 3.8) is 0 Å². The molecule has 0 saturated heterocycles. The van der Waals surface area contributed by atoms with Crippen molar-refractivity contribution in [2.75, 3.05) is 26.7 Å². The summed E-state index contributed by atoms with van der Waals surface area (Å²) < 4.78 is 5.26. The number of carbonyl (C=O) groups excluding carboxylic acids is 2. The van der Waals surface area contributed by atoms with Crippen LogP contribution in [0, 0.1) is 0 Å². The molecule has 7 nitrogen and oxygen atoms in total. The Labute approximate surface area is 181 Å². The van der Waals surface area contributed by atoms with Crippen LogP contribution in [0.15, 0.2) is 36.4 Å². The lowest BCUT2D eigenvalue weighted by molar-refractivity contribution is -0.118. The van der Waals surface area contributed by atoms with Crippen LogP contribution in [0.2, 0.25) is 0 Å². The van der Waals surface area contributed by atoms with Crippen LogP contribution in [-0.4, -0.2) is 58.8 Å². The summed E-state index contributed by atoms with van der Waals surface area (Å²) in [5.74, 6) is 0.671. The van der Waals surface area contributed by atoms with Crippen LogP contribution in [0.1, 0.15) is 40.8 Å². The fourth-order valence-electron chi connectivity index (χ4n) is 4.02. The zero-order valence-electron chi connectivity index (χ0n) is 18.0. The molecule has 3 aromatic rings. The molecule has 4 rings (SSSR count). The fraction of sp³-hybridized carbons (Fsp3) is 0.333. The summed E-state index contributed by atoms with van der Waals surface area (Å²) in [5.41, 5.74) is 4.87. The number of carbonyl (C=O) groups is 2. The van der Waals surface area contributed by atoms with Gasteiger partial charge in [-0.15, -0.1) is 0 Å². The van der Waals surface area contributed by atoms with Gasteiger partial charge in [0.1, 0.15) is 11.4 Å². The molecule has 2 N–H and O–H groups in total. The lowest BCUT2D eigenvalue weighted by Crippen LogP contribution is -2.38. The molecule has 1 aromatic carbocycles. The van der Waals surface area contributed by atoms with Crippen LogP contribution >= 0.6 is 0 Å². The van der Waals surface area contributed by atoms with E-state index in [1.807, 2.05) is 31.2 Å². The molecule has 1 aliphatic rings. The number of aromatic amines is 2. The van der Waals surface area contributed by atoms with Gasteiger partial charge in [0.15, 0.2) is 0 Å². The van der Waals surface area contributed by atoms with Gasteiger partial charge in [0, 0.05) is 41.9 Å². The maximum atomic E-state index is 13.0. The van der Waals surface area contributed by atoms with Crippen molar-refractivity contribution < 1.29 is 14.3 Å². The highest BCUT2D eigenvalue weighted by Crippen LogP contribution is 2.22. The van der Waals surface area contributed by atoms with E-state index in [0.29, 0.717) is 31.9 Å². The van der Waals surface area contributed by atoms with Crippen molar-refractivity contribution in [1.82, 2.24) is 19.8 Å². The highest BCUT2D eigenvalue weighted by molar-refractivity contribution is 5.98. The van der Waals surface area contributed by atoms with Crippen molar-refractivity contribution in [2.45, 2.75) is 26.3 Å². The van der Waals surface area contributed by atoms with Crippen LogP contribution in [-0.2, 0) is 17.8 Å². The minimum absolute atomic E-state index is 0.0796. The molecule has 0 aliphatic heterocycles. The zero-order chi connectivity index (χ0) is 21.8. The normalized spacial score (nSPS) is 12.6. The average Bonchev–Trinajstić information content (AvgIpc) is 3.41. The predicted molar refractivity (Wildman–Crippen MR) is 121 cm³/mol. The summed E-state index contributed by atoms with van der Waals surface area (Å²) >= 11 is 0. The van der Waals surface area contributed by atoms with Gasteiger partial charge < -0.3 is 24.5 Å². The molecular weight excluding hydrogens is 392 g/mol. The Hall–Kier alpha value is -3.48. The quantitative estimate of drug-likeness (QED) is 0.519. The summed E-state index contributed by atoms with van der Waals surface area (Å²) in [6.07, 6.45) is 7.18. The average molecular weight is 421 g/mol. The Morgan fingerprint density at radius 1 is 1.19 bits per heavy atom. The fourth-order valence-corrected chi connectivity index (χ4v) is 4.02. The van der Waals surface area contributed by atoms with Crippen molar-refractivity contribution in [1.29, 1.82) is 0 Å². The molecular formula is C24H28N4O3. The predicted octanol–water partition coefficient (Wildman–Crippen LogP) is 3.58. The number of hydrogen-bond acceptors (Lipinski definition) is 3. The van der Waals surface area contributed by atoms with Gasteiger partial charge in [0.05, 0.1) is 13.7 Å². The monoisotopic (exact) mass is 420 g/mol. The van der Waals surface area contributed by atoms with E-state index in [0.717, 1.165) is 47.3 Å². The number of H-pyrrole nitrogens is 2. The summed E-state index contributed by atoms with van der Waals surface area (Å²) in [4.78, 5) is 34.7. The lowest BCUT2D eigenvalue weighted by Gasteiger charge is -2.24. The number of aromatic nitrogens is 2. The number of nitrogens with zero attached hydrogens (tertiary/aromatic N) is 2. The molecule has 0 saturated carbocycles. The molecule has 0 spiro atoms. The Kier molecular flexibility index (Phi) is 6.11. The number of aryl methyl sites for hydroxylation is 1. The Morgan fingerprint density at radius 3 is 2.81 bits per heavy atom. The first kappa shape index (κ1) is 20.8. The first-order valence-electron chi connectivity index (χ1n) is 10.6. The molecule has 0 atom stereocenters. The summed E-state index contributed by atoms with van der Waals surface area (Å²) in [7, 11) is 1.62. The second-order valence-corrected chi connectivity index (χ2v) is 7.77. The van der Waals surface area contributed by atoms with E-state index in [-0.39, 0.29) is 5.91 Å². The highest BCUT2D eigenvalue weighted by Gasteiger charge is 2.18. The van der Waals surface area contributed by atoms with E-state index >= 15 is 0 Å². The van der Waals surface area contributed by atoms with Gasteiger partial charge in [-0.1, -0.05) is 6.08 Å². The third-order valence-electron chi connectivity index (χ3n) is 5.76. The van der Waals surface area contributed by atoms with E-state index in [4.69, 9.17) is 4.74 Å². The number of hydrogen-bond donors (Lipinski definition) is 2. The molecule has 2 amide bonds. The Morgan fingerprint density at radius 2 is 2.06 bits per heavy atom. The molecule has 0 unspecified atom stereocenters. The third kappa shape index (κ3) is 4.50. The topological polar surface area (TPSA) is 81.4 Å². The van der Waals surface area contributed by atoms with Crippen LogP contribution in [0.25, 0.3) is 17.0 Å². The maximum Gasteiger partial charge on any atom is 0.270 e. The van der Waals surface area contributed by atoms with E-state index in [9.17, 15) is 9.59 Å². The SMILES string of the molecule is CCN(CCN(C=O)Cc1cc2c([nH]1)C=CCC2)C(=O)c1cc2cc(OC)ccc2[nH]1. The second kappa shape index (κ2) is 9.12. The van der Waals surface area contributed by atoms with E-state index in [1.165, 1.54) is 5.56 Å². The number of rotatable bonds is 9. The van der Waals surface area contributed by atoms with Gasteiger partial charge in [0.2, 0.25) is 6.41 Å². The van der Waals surface area contributed by atoms with E-state index < -0.39 is 0 Å². The molecule has 162 valence electrons. The molecule has 7 heteroatoms. The number of allylic oxidation sites excluding steroid dienone is 1. The standard InChI is InChI=1S/C24H28N4O3/c1-3-28(24(30)23-14-18-13-20(31-2)8-9-22(18)26-23)11-10-27(16-29)15-19-12-17-6-4-5-7-21(17)25-19/h5,7-9,12-14,16,25-26H,3-4,6,10-11,15H2,1-2H3. The molecule has 31 heavy (non-hydrogen) atoms. The minimum Gasteiger partial charge on any atom is -0.497 e. The number of benzene rings is 1. The van der Waals surface area contributed by atoms with E-state index in [1.54, 1.807) is 16.9 Å². The zero-order valence-corrected chi connectivity index (χ0v) is 18.0. The number of amides is 2. The van der Waals surface area contributed by atoms with Gasteiger partial charge in [0.25, 0.3) is 5.91 Å². The van der Waals surface area contributed by atoms with Crippen LogP contribution in [0.5, 0.6) is 5.75 Å². The van der Waals surface area contributed by atoms with Gasteiger partial charge in [-0.3, -0.25) is 9.59 Å². The van der Waals surface area contributed by atoms with Crippen LogP contribution in [0.3, 0.4) is 0 Å². The molecule has 0 bridgehead atoms. The Balaban J connectivity index is 1.40. The van der Waals surface area contributed by atoms with Gasteiger partial charge in [-0.2, -0.15) is 0 Å². The number of fused-ring (bicyclic) bond motifs is 2. The molecule has 2 aromatic heterocycles. The lowest BCUT2D eigenvalue weighted by atomic mass is 10.0. The van der Waals surface area contributed by atoms with E-state index in [2.05, 4.69) is 28.2 Å². The maximum absolute atomic E-state index is 13.0. The summed E-state index contributed by atoms with van der Waals surface area (Å²) in [6, 6.07) is 9.65. The van der Waals surface area contributed by atoms with Crippen LogP contribution < -0.4 is 4.74 Å². The van der Waals surface area contributed by atoms with Crippen molar-refractivity contribution in [2.24, 2.45) is 0 Å². The van der Waals surface area contributed by atoms with Crippen molar-refractivity contribution >= 4 is 29.3 Å². The van der Waals surface area contributed by atoms with Gasteiger partial charge in [-0.05, 0) is 61.7 Å². The number of methoxy groups -OCH3 is 1. The number of likely N-dealkylation sites (N-methyl/N-ethyl adjacent to an activating group) is 1. The van der Waals surface area contributed by atoms with Crippen molar-refractivity contribution in [3.8, 4) is 5.75 Å². The largest absolute Gasteiger partial charge is 0.497 e. The molecule has 0 fully saturated rings. The number of nitrogens with one attached hydrogen (secondary N) is 2. The first-order valence-corrected chi connectivity index (χ1v) is 10.6. The second-order valence-electron chi connectivity index (χ2n) is 7.77. The smallest absolute Gasteiger partial charge is 0.270 e. The van der Waals surface area contributed by atoms with Gasteiger partial charge >= 0.3 is 0 Å². The minimum atomic E-state index is -0.0796. The third-order valence-corrected chi connectivity index (χ3v) is 5.76. The van der Waals surface area contributed by atoms with Crippen molar-refractivity contribution in [3.05, 3.63) is 59.1 Å². The van der Waals surface area contributed by atoms with Crippen LogP contribution in [0.4, 0.5) is 0 Å². The molecule has 1 aliphatic carbocycles. The Bertz CT molecular complexity index is 1110. The first-order chi connectivity index (χ1) is 15.1. The highest BCUT2D eigenvalue weighted by atomic mass is 16.5. The summed E-state index contributed by atoms with van der Waals surface area (Å²) in [5, 5.41) is 0.929. The van der Waals surface area contributed by atoms with Gasteiger partial charge in [-0.25, -0.2) is 0 Å². The molecule has 0 radical (unpaired) electrons. The summed E-state index contributed by atoms with van der Waals surface area (Å²) in [6.45, 7) is 3.94.